The second kappa shape index (κ2) is 10.6. The van der Waals surface area contributed by atoms with Crippen LogP contribution in [-0.4, -0.2) is 69.4 Å². The molecule has 1 saturated heterocycles. The Bertz CT molecular complexity index is 1090. The number of benzene rings is 2. The number of hydrogen-bond acceptors (Lipinski definition) is 8. The van der Waals surface area contributed by atoms with Gasteiger partial charge in [0, 0.05) is 50.2 Å². The van der Waals surface area contributed by atoms with Crippen LogP contribution in [-0.2, 0) is 6.42 Å². The van der Waals surface area contributed by atoms with Crippen LogP contribution in [0.2, 0.25) is 0 Å². The Labute approximate surface area is 201 Å². The molecule has 0 spiro atoms. The molecule has 0 unspecified atom stereocenters. The summed E-state index contributed by atoms with van der Waals surface area (Å²) in [5.74, 6) is 2.40. The standard InChI is InChI=1S/C26H33N5O3/c1-18-17-27-26(28-20-6-8-21(9-7-20)31-12-10-30(2)11-13-31)29-22(18)14-19-15-23(32-3)25(34-5)24(16-19)33-4/h6-9,15-17H,10-14H2,1-5H3,(H,27,28,29). The fourth-order valence-corrected chi connectivity index (χ4v) is 4.10. The number of ether oxygens (including phenoxy) is 3. The molecule has 1 aliphatic rings. The first-order valence-corrected chi connectivity index (χ1v) is 11.4. The van der Waals surface area contributed by atoms with Gasteiger partial charge in [0.05, 0.1) is 27.0 Å². The summed E-state index contributed by atoms with van der Waals surface area (Å²) < 4.78 is 16.4. The SMILES string of the molecule is COc1cc(Cc2nc(Nc3ccc(N4CCN(C)CC4)cc3)ncc2C)cc(OC)c1OC. The average Bonchev–Trinajstić information content (AvgIpc) is 2.86. The summed E-state index contributed by atoms with van der Waals surface area (Å²) in [4.78, 5) is 14.0. The van der Waals surface area contributed by atoms with Crippen molar-refractivity contribution in [2.75, 3.05) is 64.8 Å². The van der Waals surface area contributed by atoms with E-state index >= 15 is 0 Å². The van der Waals surface area contributed by atoms with Crippen molar-refractivity contribution in [2.24, 2.45) is 0 Å². The highest BCUT2D eigenvalue weighted by Gasteiger charge is 2.16. The summed E-state index contributed by atoms with van der Waals surface area (Å²) >= 11 is 0. The smallest absolute Gasteiger partial charge is 0.227 e. The van der Waals surface area contributed by atoms with Gasteiger partial charge >= 0.3 is 0 Å². The van der Waals surface area contributed by atoms with Crippen molar-refractivity contribution in [1.29, 1.82) is 0 Å². The second-order valence-electron chi connectivity index (χ2n) is 8.50. The monoisotopic (exact) mass is 463 g/mol. The average molecular weight is 464 g/mol. The highest BCUT2D eigenvalue weighted by atomic mass is 16.5. The number of hydrogen-bond donors (Lipinski definition) is 1. The number of rotatable bonds is 8. The summed E-state index contributed by atoms with van der Waals surface area (Å²) in [7, 11) is 7.01. The zero-order chi connectivity index (χ0) is 24.1. The largest absolute Gasteiger partial charge is 0.493 e. The van der Waals surface area contributed by atoms with Crippen LogP contribution in [0.25, 0.3) is 0 Å². The number of piperazine rings is 1. The van der Waals surface area contributed by atoms with Gasteiger partial charge in [-0.15, -0.1) is 0 Å². The maximum atomic E-state index is 5.49. The number of aryl methyl sites for hydroxylation is 1. The van der Waals surface area contributed by atoms with Crippen molar-refractivity contribution in [1.82, 2.24) is 14.9 Å². The fraction of sp³-hybridized carbons (Fsp3) is 0.385. The van der Waals surface area contributed by atoms with Crippen LogP contribution in [0.5, 0.6) is 17.2 Å². The lowest BCUT2D eigenvalue weighted by atomic mass is 10.1. The van der Waals surface area contributed by atoms with Crippen molar-refractivity contribution >= 4 is 17.3 Å². The van der Waals surface area contributed by atoms with E-state index in [9.17, 15) is 0 Å². The molecule has 180 valence electrons. The number of aromatic nitrogens is 2. The lowest BCUT2D eigenvalue weighted by Crippen LogP contribution is -2.44. The van der Waals surface area contributed by atoms with Gasteiger partial charge in [0.2, 0.25) is 11.7 Å². The van der Waals surface area contributed by atoms with E-state index in [1.165, 1.54) is 5.69 Å². The molecule has 1 fully saturated rings. The van der Waals surface area contributed by atoms with E-state index in [0.29, 0.717) is 29.6 Å². The van der Waals surface area contributed by atoms with E-state index < -0.39 is 0 Å². The van der Waals surface area contributed by atoms with E-state index in [-0.39, 0.29) is 0 Å². The number of anilines is 3. The second-order valence-corrected chi connectivity index (χ2v) is 8.50. The van der Waals surface area contributed by atoms with Crippen molar-refractivity contribution < 1.29 is 14.2 Å². The minimum atomic E-state index is 0.570. The van der Waals surface area contributed by atoms with E-state index in [0.717, 1.165) is 48.7 Å². The molecule has 1 aromatic heterocycles. The minimum absolute atomic E-state index is 0.570. The summed E-state index contributed by atoms with van der Waals surface area (Å²) in [6, 6.07) is 12.4. The predicted molar refractivity (Wildman–Crippen MR) is 135 cm³/mol. The number of nitrogens with one attached hydrogen (secondary N) is 1. The fourth-order valence-electron chi connectivity index (χ4n) is 4.10. The number of likely N-dealkylation sites (N-methyl/N-ethyl adjacent to an activating group) is 1. The molecular weight excluding hydrogens is 430 g/mol. The van der Waals surface area contributed by atoms with Crippen LogP contribution in [0.3, 0.4) is 0 Å². The zero-order valence-corrected chi connectivity index (χ0v) is 20.6. The molecule has 0 saturated carbocycles. The first-order chi connectivity index (χ1) is 16.5. The molecule has 0 amide bonds. The van der Waals surface area contributed by atoms with Gasteiger partial charge < -0.3 is 29.3 Å². The van der Waals surface area contributed by atoms with Crippen LogP contribution < -0.4 is 24.4 Å². The first kappa shape index (κ1) is 23.6. The van der Waals surface area contributed by atoms with E-state index in [1.807, 2.05) is 25.3 Å². The van der Waals surface area contributed by atoms with Crippen molar-refractivity contribution in [2.45, 2.75) is 13.3 Å². The molecule has 0 bridgehead atoms. The molecule has 1 N–H and O–H groups in total. The third-order valence-corrected chi connectivity index (χ3v) is 6.16. The Kier molecular flexibility index (Phi) is 7.37. The Balaban J connectivity index is 1.49. The highest BCUT2D eigenvalue weighted by molar-refractivity contribution is 5.60. The van der Waals surface area contributed by atoms with Gasteiger partial charge in [-0.3, -0.25) is 0 Å². The Morgan fingerprint density at radius 1 is 0.912 bits per heavy atom. The molecule has 0 radical (unpaired) electrons. The third-order valence-electron chi connectivity index (χ3n) is 6.16. The molecule has 8 heteroatoms. The van der Waals surface area contributed by atoms with Crippen LogP contribution in [0.1, 0.15) is 16.8 Å². The highest BCUT2D eigenvalue weighted by Crippen LogP contribution is 2.38. The number of methoxy groups -OCH3 is 3. The minimum Gasteiger partial charge on any atom is -0.493 e. The van der Waals surface area contributed by atoms with Gasteiger partial charge in [-0.2, -0.15) is 0 Å². The molecule has 1 aliphatic heterocycles. The van der Waals surface area contributed by atoms with Crippen molar-refractivity contribution in [3.63, 3.8) is 0 Å². The summed E-state index contributed by atoms with van der Waals surface area (Å²) in [5.41, 5.74) is 5.16. The first-order valence-electron chi connectivity index (χ1n) is 11.4. The maximum absolute atomic E-state index is 5.49. The van der Waals surface area contributed by atoms with E-state index in [2.05, 4.69) is 51.4 Å². The van der Waals surface area contributed by atoms with E-state index in [4.69, 9.17) is 19.2 Å². The third kappa shape index (κ3) is 5.34. The van der Waals surface area contributed by atoms with Gasteiger partial charge in [-0.05, 0) is 61.5 Å². The van der Waals surface area contributed by atoms with Crippen molar-refractivity contribution in [3.8, 4) is 17.2 Å². The van der Waals surface area contributed by atoms with Gasteiger partial charge in [0.25, 0.3) is 0 Å². The van der Waals surface area contributed by atoms with Crippen LogP contribution >= 0.6 is 0 Å². The normalized spacial score (nSPS) is 14.1. The lowest BCUT2D eigenvalue weighted by Gasteiger charge is -2.34. The molecule has 2 heterocycles. The van der Waals surface area contributed by atoms with Gasteiger partial charge in [-0.1, -0.05) is 0 Å². The zero-order valence-electron chi connectivity index (χ0n) is 20.6. The summed E-state index contributed by atoms with van der Waals surface area (Å²) in [6.07, 6.45) is 2.46. The van der Waals surface area contributed by atoms with Crippen molar-refractivity contribution in [3.05, 3.63) is 59.4 Å². The summed E-state index contributed by atoms with van der Waals surface area (Å²) in [6.45, 7) is 6.29. The number of nitrogens with zero attached hydrogens (tertiary/aromatic N) is 4. The molecule has 0 atom stereocenters. The Morgan fingerprint density at radius 2 is 1.56 bits per heavy atom. The molecule has 2 aromatic carbocycles. The van der Waals surface area contributed by atoms with Crippen LogP contribution in [0.15, 0.2) is 42.6 Å². The lowest BCUT2D eigenvalue weighted by molar-refractivity contribution is 0.313. The van der Waals surface area contributed by atoms with Gasteiger partial charge in [0.1, 0.15) is 0 Å². The Hall–Kier alpha value is -3.52. The van der Waals surface area contributed by atoms with E-state index in [1.54, 1.807) is 21.3 Å². The van der Waals surface area contributed by atoms with Crippen LogP contribution in [0.4, 0.5) is 17.3 Å². The quantitative estimate of drug-likeness (QED) is 0.539. The molecule has 4 rings (SSSR count). The summed E-state index contributed by atoms with van der Waals surface area (Å²) in [5, 5.41) is 3.34. The van der Waals surface area contributed by atoms with Gasteiger partial charge in [0.15, 0.2) is 11.5 Å². The molecule has 34 heavy (non-hydrogen) atoms. The maximum Gasteiger partial charge on any atom is 0.227 e. The van der Waals surface area contributed by atoms with Gasteiger partial charge in [-0.25, -0.2) is 9.97 Å². The molecule has 0 aliphatic carbocycles. The van der Waals surface area contributed by atoms with Crippen LogP contribution in [0, 0.1) is 6.92 Å². The molecule has 8 nitrogen and oxygen atoms in total. The molecular formula is C26H33N5O3. The molecule has 3 aromatic rings. The predicted octanol–water partition coefficient (Wildman–Crippen LogP) is 3.90. The topological polar surface area (TPSA) is 72.0 Å². The Morgan fingerprint density at radius 3 is 2.15 bits per heavy atom.